The first-order chi connectivity index (χ1) is 15.9. The van der Waals surface area contributed by atoms with Gasteiger partial charge >= 0.3 is 0 Å². The summed E-state index contributed by atoms with van der Waals surface area (Å²) in [6.07, 6.45) is 2.75. The van der Waals surface area contributed by atoms with Gasteiger partial charge in [-0.2, -0.15) is 14.0 Å². The van der Waals surface area contributed by atoms with Crippen molar-refractivity contribution in [2.45, 2.75) is 58.0 Å². The third-order valence-electron chi connectivity index (χ3n) is 6.60. The quantitative estimate of drug-likeness (QED) is 0.503. The minimum Gasteiger partial charge on any atom is -0.363 e. The molecule has 0 amide bonds. The summed E-state index contributed by atoms with van der Waals surface area (Å²) in [5.74, 6) is -2.49. The zero-order chi connectivity index (χ0) is 24.9. The normalized spacial score (nSPS) is 16.2. The summed E-state index contributed by atoms with van der Waals surface area (Å²) in [4.78, 5) is 21.4. The van der Waals surface area contributed by atoms with Crippen LogP contribution in [0, 0.1) is 23.7 Å². The standard InChI is InChI=1S/C25H26F3N5O/c1-15(17-6-5-7-18(10-17)25(27,28)23(3,4)14-29)30-22-19-12-33(24(13-26)8-9-24)21(34)11-20(19)31-16(2)32-22/h5-7,10-12,15H,8-9,13H2,1-4H3,(H,30,31,32)/t15-/m1/s1. The van der Waals surface area contributed by atoms with E-state index in [9.17, 15) is 23.2 Å². The topological polar surface area (TPSA) is 83.6 Å². The Morgan fingerprint density at radius 3 is 2.59 bits per heavy atom. The summed E-state index contributed by atoms with van der Waals surface area (Å²) in [5.41, 5.74) is -2.26. The number of nitrogens with zero attached hydrogens (tertiary/aromatic N) is 4. The van der Waals surface area contributed by atoms with Crippen LogP contribution in [-0.2, 0) is 11.5 Å². The van der Waals surface area contributed by atoms with Crippen molar-refractivity contribution < 1.29 is 13.2 Å². The first kappa shape index (κ1) is 23.7. The largest absolute Gasteiger partial charge is 0.363 e. The molecule has 0 bridgehead atoms. The van der Waals surface area contributed by atoms with Crippen molar-refractivity contribution in [1.29, 1.82) is 5.26 Å². The molecule has 1 aliphatic carbocycles. The molecule has 9 heteroatoms. The molecule has 1 aromatic carbocycles. The molecule has 1 fully saturated rings. The highest BCUT2D eigenvalue weighted by molar-refractivity contribution is 5.88. The van der Waals surface area contributed by atoms with Gasteiger partial charge in [0.15, 0.2) is 0 Å². The fourth-order valence-electron chi connectivity index (χ4n) is 4.01. The maximum atomic E-state index is 15.0. The Morgan fingerprint density at radius 2 is 1.97 bits per heavy atom. The summed E-state index contributed by atoms with van der Waals surface area (Å²) in [6.45, 7) is 5.28. The van der Waals surface area contributed by atoms with Gasteiger partial charge in [-0.1, -0.05) is 18.2 Å². The van der Waals surface area contributed by atoms with Crippen LogP contribution in [0.15, 0.2) is 41.3 Å². The third-order valence-corrected chi connectivity index (χ3v) is 6.60. The minimum atomic E-state index is -3.35. The minimum absolute atomic E-state index is 0.249. The molecule has 1 N–H and O–H groups in total. The van der Waals surface area contributed by atoms with Crippen molar-refractivity contribution in [2.24, 2.45) is 5.41 Å². The maximum Gasteiger partial charge on any atom is 0.291 e. The number of aryl methyl sites for hydroxylation is 1. The number of hydrogen-bond acceptors (Lipinski definition) is 5. The average Bonchev–Trinajstić information content (AvgIpc) is 3.59. The van der Waals surface area contributed by atoms with E-state index in [1.165, 1.54) is 42.7 Å². The molecule has 1 atom stereocenters. The zero-order valence-electron chi connectivity index (χ0n) is 19.5. The van der Waals surface area contributed by atoms with Gasteiger partial charge in [0.1, 0.15) is 23.7 Å². The Hall–Kier alpha value is -3.41. The van der Waals surface area contributed by atoms with E-state index >= 15 is 0 Å². The number of fused-ring (bicyclic) bond motifs is 1. The second-order valence-corrected chi connectivity index (χ2v) is 9.56. The third kappa shape index (κ3) is 3.91. The van der Waals surface area contributed by atoms with Crippen molar-refractivity contribution in [3.05, 3.63) is 63.8 Å². The van der Waals surface area contributed by atoms with E-state index < -0.39 is 29.6 Å². The van der Waals surface area contributed by atoms with Crippen LogP contribution in [0.4, 0.5) is 19.0 Å². The summed E-state index contributed by atoms with van der Waals surface area (Å²) >= 11 is 0. The molecule has 0 spiro atoms. The van der Waals surface area contributed by atoms with Gasteiger partial charge in [0.25, 0.3) is 11.5 Å². The first-order valence-electron chi connectivity index (χ1n) is 11.1. The number of rotatable bonds is 7. The van der Waals surface area contributed by atoms with Gasteiger partial charge in [-0.3, -0.25) is 4.79 Å². The number of aromatic nitrogens is 3. The smallest absolute Gasteiger partial charge is 0.291 e. The van der Waals surface area contributed by atoms with Gasteiger partial charge in [-0.25, -0.2) is 14.4 Å². The van der Waals surface area contributed by atoms with Crippen LogP contribution >= 0.6 is 0 Å². The van der Waals surface area contributed by atoms with Crippen LogP contribution in [0.1, 0.15) is 56.6 Å². The predicted octanol–water partition coefficient (Wildman–Crippen LogP) is 5.37. The molecular weight excluding hydrogens is 443 g/mol. The van der Waals surface area contributed by atoms with E-state index in [-0.39, 0.29) is 11.1 Å². The van der Waals surface area contributed by atoms with Crippen LogP contribution in [0.25, 0.3) is 10.9 Å². The summed E-state index contributed by atoms with van der Waals surface area (Å²) < 4.78 is 45.0. The summed E-state index contributed by atoms with van der Waals surface area (Å²) in [7, 11) is 0. The molecule has 34 heavy (non-hydrogen) atoms. The lowest BCUT2D eigenvalue weighted by atomic mass is 9.82. The molecule has 4 rings (SSSR count). The highest BCUT2D eigenvalue weighted by Gasteiger charge is 2.49. The number of halogens is 3. The van der Waals surface area contributed by atoms with Crippen molar-refractivity contribution in [3.8, 4) is 6.07 Å². The van der Waals surface area contributed by atoms with Crippen molar-refractivity contribution in [1.82, 2.24) is 14.5 Å². The first-order valence-corrected chi connectivity index (χ1v) is 11.1. The van der Waals surface area contributed by atoms with Gasteiger partial charge in [-0.05, 0) is 52.2 Å². The molecule has 0 aliphatic heterocycles. The lowest BCUT2D eigenvalue weighted by Crippen LogP contribution is -2.32. The Kier molecular flexibility index (Phi) is 5.67. The number of nitrogens with one attached hydrogen (secondary N) is 1. The van der Waals surface area contributed by atoms with Crippen molar-refractivity contribution in [2.75, 3.05) is 12.0 Å². The van der Waals surface area contributed by atoms with Gasteiger partial charge in [0.2, 0.25) is 0 Å². The van der Waals surface area contributed by atoms with Gasteiger partial charge in [0, 0.05) is 23.9 Å². The van der Waals surface area contributed by atoms with Crippen LogP contribution in [0.5, 0.6) is 0 Å². The number of hydrogen-bond donors (Lipinski definition) is 1. The number of alkyl halides is 3. The monoisotopic (exact) mass is 469 g/mol. The lowest BCUT2D eigenvalue weighted by Gasteiger charge is -2.28. The predicted molar refractivity (Wildman–Crippen MR) is 123 cm³/mol. The average molecular weight is 470 g/mol. The number of anilines is 1. The molecule has 178 valence electrons. The molecule has 3 aromatic rings. The molecule has 0 unspecified atom stereocenters. The SMILES string of the molecule is Cc1nc(N[C@H](C)c2cccc(C(F)(F)C(C)(C)C#N)c2)c2cn(C3(CF)CC3)c(=O)cc2n1. The summed E-state index contributed by atoms with van der Waals surface area (Å²) in [6, 6.07) is 8.56. The molecule has 1 aliphatic rings. The second-order valence-electron chi connectivity index (χ2n) is 9.56. The number of nitriles is 1. The van der Waals surface area contributed by atoms with E-state index in [2.05, 4.69) is 15.3 Å². The molecule has 0 radical (unpaired) electrons. The fourth-order valence-corrected chi connectivity index (χ4v) is 4.01. The van der Waals surface area contributed by atoms with Gasteiger partial charge < -0.3 is 9.88 Å². The van der Waals surface area contributed by atoms with Gasteiger partial charge in [0.05, 0.1) is 22.5 Å². The summed E-state index contributed by atoms with van der Waals surface area (Å²) in [5, 5.41) is 13.0. The highest BCUT2D eigenvalue weighted by Crippen LogP contribution is 2.45. The molecule has 6 nitrogen and oxygen atoms in total. The number of pyridine rings is 1. The van der Waals surface area contributed by atoms with E-state index in [1.807, 2.05) is 0 Å². The maximum absolute atomic E-state index is 15.0. The Morgan fingerprint density at radius 1 is 1.26 bits per heavy atom. The van der Waals surface area contributed by atoms with Crippen molar-refractivity contribution in [3.63, 3.8) is 0 Å². The molecule has 0 saturated heterocycles. The van der Waals surface area contributed by atoms with Crippen LogP contribution < -0.4 is 10.9 Å². The Bertz CT molecular complexity index is 1350. The molecule has 1 saturated carbocycles. The van der Waals surface area contributed by atoms with E-state index in [0.717, 1.165) is 0 Å². The van der Waals surface area contributed by atoms with Crippen LogP contribution in [0.3, 0.4) is 0 Å². The fraction of sp³-hybridized carbons (Fsp3) is 0.440. The van der Waals surface area contributed by atoms with E-state index in [4.69, 9.17) is 0 Å². The van der Waals surface area contributed by atoms with Gasteiger partial charge in [-0.15, -0.1) is 0 Å². The van der Waals surface area contributed by atoms with E-state index in [1.54, 1.807) is 32.2 Å². The lowest BCUT2D eigenvalue weighted by molar-refractivity contribution is -0.0854. The van der Waals surface area contributed by atoms with Crippen LogP contribution in [0.2, 0.25) is 0 Å². The van der Waals surface area contributed by atoms with Crippen molar-refractivity contribution >= 4 is 16.7 Å². The van der Waals surface area contributed by atoms with E-state index in [0.29, 0.717) is 41.0 Å². The highest BCUT2D eigenvalue weighted by atomic mass is 19.3. The zero-order valence-corrected chi connectivity index (χ0v) is 19.5. The molecular formula is C25H26F3N5O. The van der Waals surface area contributed by atoms with Crippen LogP contribution in [-0.4, -0.2) is 21.2 Å². The Labute approximate surface area is 195 Å². The molecule has 2 heterocycles. The second kappa shape index (κ2) is 8.12. The Balaban J connectivity index is 1.73. The number of benzene rings is 1. The molecule has 2 aromatic heterocycles.